The minimum atomic E-state index is -1.26. The maximum absolute atomic E-state index is 12.9. The SMILES string of the molecule is CC(C)(C)N(CC=NCN(CCOCCOCCOCCCC(=O)CCC(NC(=O)c1ccc(NCc2cnc3nc(N)[nH]c(=O)c3n2)cc1)C(=O)O)C(C)(C)C)CCOCCOCCOCCCC(=O)CCC(NC(=O)c1ccc(NCc2cnc3nc(N)[nH]c(=O)c3n2)cc1)C(=O)O. The number of fused-ring (bicyclic) bond motifs is 2. The Morgan fingerprint density at radius 3 is 1.28 bits per heavy atom. The number of aromatic nitrogens is 8. The Bertz CT molecular complexity index is 3510. The molecule has 0 saturated heterocycles. The van der Waals surface area contributed by atoms with E-state index < -0.39 is 47.0 Å². The van der Waals surface area contributed by atoms with Crippen LogP contribution in [-0.4, -0.2) is 230 Å². The number of hydrogen-bond donors (Lipinski definition) is 10. The molecule has 2 atom stereocenters. The van der Waals surface area contributed by atoms with Gasteiger partial charge in [-0.25, -0.2) is 29.5 Å². The number of ketones is 2. The summed E-state index contributed by atoms with van der Waals surface area (Å²) in [7, 11) is 0. The van der Waals surface area contributed by atoms with Gasteiger partial charge in [0.1, 0.15) is 23.7 Å². The highest BCUT2D eigenvalue weighted by atomic mass is 16.5. The first-order valence-electron chi connectivity index (χ1n) is 33.1. The number of nitrogen functional groups attached to an aromatic ring is 2. The number of amides is 2. The lowest BCUT2D eigenvalue weighted by Gasteiger charge is -2.35. The highest BCUT2D eigenvalue weighted by molar-refractivity contribution is 5.98. The van der Waals surface area contributed by atoms with Crippen LogP contribution in [-0.2, 0) is 60.7 Å². The molecule has 0 aliphatic rings. The van der Waals surface area contributed by atoms with Crippen LogP contribution in [0, 0.1) is 0 Å². The molecular weight excluding hydrogens is 1300 g/mol. The summed E-state index contributed by atoms with van der Waals surface area (Å²) in [5.74, 6) is -4.11. The van der Waals surface area contributed by atoms with Crippen molar-refractivity contribution in [3.63, 3.8) is 0 Å². The van der Waals surface area contributed by atoms with Crippen molar-refractivity contribution in [2.45, 2.75) is 129 Å². The van der Waals surface area contributed by atoms with Crippen LogP contribution in [0.2, 0.25) is 0 Å². The van der Waals surface area contributed by atoms with Crippen LogP contribution in [0.5, 0.6) is 0 Å². The van der Waals surface area contributed by atoms with Gasteiger partial charge in [0.05, 0.1) is 110 Å². The van der Waals surface area contributed by atoms with Gasteiger partial charge >= 0.3 is 11.9 Å². The number of ether oxygens (including phenoxy) is 6. The summed E-state index contributed by atoms with van der Waals surface area (Å²) in [6.45, 7) is 20.4. The van der Waals surface area contributed by atoms with E-state index in [9.17, 15) is 48.6 Å². The van der Waals surface area contributed by atoms with E-state index in [0.29, 0.717) is 141 Å². The van der Waals surface area contributed by atoms with Crippen LogP contribution >= 0.6 is 0 Å². The molecule has 2 amide bonds. The summed E-state index contributed by atoms with van der Waals surface area (Å²) in [5, 5.41) is 30.8. The molecule has 12 N–H and O–H groups in total. The zero-order valence-electron chi connectivity index (χ0n) is 57.7. The fourth-order valence-electron chi connectivity index (χ4n) is 9.64. The van der Waals surface area contributed by atoms with Crippen molar-refractivity contribution >= 4 is 87.1 Å². The number of hydrogen-bond acceptors (Lipinski definition) is 27. The van der Waals surface area contributed by atoms with Crippen molar-refractivity contribution in [1.82, 2.24) is 60.3 Å². The molecule has 0 saturated carbocycles. The summed E-state index contributed by atoms with van der Waals surface area (Å²) < 4.78 is 34.3. The summed E-state index contributed by atoms with van der Waals surface area (Å²) in [6.07, 6.45) is 5.99. The van der Waals surface area contributed by atoms with E-state index in [-0.39, 0.29) is 120 Å². The largest absolute Gasteiger partial charge is 0.480 e. The number of carboxylic acid groups (broad SMARTS) is 2. The summed E-state index contributed by atoms with van der Waals surface area (Å²) in [4.78, 5) is 138. The fourth-order valence-corrected chi connectivity index (χ4v) is 9.64. The zero-order chi connectivity index (χ0) is 72.5. The van der Waals surface area contributed by atoms with Crippen molar-refractivity contribution < 1.29 is 67.4 Å². The number of carbonyl (C=O) groups excluding carboxylic acids is 4. The molecule has 33 heteroatoms. The number of carboxylic acids is 2. The summed E-state index contributed by atoms with van der Waals surface area (Å²) in [6, 6.07) is 10.1. The molecule has 544 valence electrons. The number of aromatic amines is 2. The standard InChI is InChI=1S/C67H95N17O16/c1-66(2,3)83(25-29-97-33-37-99-35-31-95-27-7-9-50(85)19-21-52(62(91)92)77-58(87)44-11-15-46(16-12-44)71-39-48-41-73-56-54(75-48)60(89)81-64(68)79-56)24-23-70-43-84(67(4,5)6)26-30-98-34-38-100-36-32-96-28-8-10-51(86)20-22-53(63(93)94)78-59(88)45-13-17-47(18-14-45)72-40-49-42-74-57-55(76-49)61(90)82-65(69)80-57/h11-18,23,41-42,52-53,71-72H,7-10,19-22,24-40,43H2,1-6H3,(H,77,87)(H,78,88)(H,91,92)(H,93,94)(H3,68,73,79,81,89)(H3,69,74,80,82,90). The molecule has 0 aliphatic carbocycles. The molecule has 0 aliphatic heterocycles. The number of nitrogens with two attached hydrogens (primary N) is 2. The Hall–Kier alpha value is -9.35. The molecule has 0 spiro atoms. The number of anilines is 4. The Labute approximate surface area is 578 Å². The maximum atomic E-state index is 12.9. The van der Waals surface area contributed by atoms with Gasteiger partial charge in [-0.05, 0) is 116 Å². The molecule has 2 unspecified atom stereocenters. The topological polar surface area (TPSA) is 460 Å². The number of rotatable bonds is 48. The first-order chi connectivity index (χ1) is 47.8. The van der Waals surface area contributed by atoms with Gasteiger partial charge in [-0.3, -0.25) is 53.5 Å². The van der Waals surface area contributed by atoms with Gasteiger partial charge in [-0.1, -0.05) is 0 Å². The minimum absolute atomic E-state index is 0.0262. The monoisotopic (exact) mass is 1390 g/mol. The van der Waals surface area contributed by atoms with Crippen LogP contribution < -0.4 is 43.9 Å². The van der Waals surface area contributed by atoms with Gasteiger partial charge in [0.25, 0.3) is 22.9 Å². The predicted octanol–water partition coefficient (Wildman–Crippen LogP) is 3.78. The maximum Gasteiger partial charge on any atom is 0.326 e. The van der Waals surface area contributed by atoms with Gasteiger partial charge in [0.2, 0.25) is 11.9 Å². The summed E-state index contributed by atoms with van der Waals surface area (Å²) >= 11 is 0. The average Bonchev–Trinajstić information content (AvgIpc) is 0.817. The zero-order valence-corrected chi connectivity index (χ0v) is 57.7. The molecular formula is C67H95N17O16. The number of aliphatic carboxylic acids is 2. The van der Waals surface area contributed by atoms with Crippen molar-refractivity contribution in [2.75, 3.05) is 128 Å². The number of Topliss-reactive ketones (excluding diaryl/α,β-unsaturated/α-hetero) is 2. The third kappa shape index (κ3) is 28.8. The Morgan fingerprint density at radius 1 is 0.530 bits per heavy atom. The molecule has 6 aromatic rings. The number of nitrogens with one attached hydrogen (secondary N) is 6. The van der Waals surface area contributed by atoms with E-state index >= 15 is 0 Å². The second-order valence-electron chi connectivity index (χ2n) is 25.2. The van der Waals surface area contributed by atoms with Gasteiger partial charge < -0.3 is 71.4 Å². The third-order valence-electron chi connectivity index (χ3n) is 15.4. The van der Waals surface area contributed by atoms with E-state index in [1.807, 2.05) is 6.21 Å². The third-order valence-corrected chi connectivity index (χ3v) is 15.4. The van der Waals surface area contributed by atoms with Crippen LogP contribution in [0.3, 0.4) is 0 Å². The highest BCUT2D eigenvalue weighted by Crippen LogP contribution is 2.18. The van der Waals surface area contributed by atoms with Crippen LogP contribution in [0.25, 0.3) is 22.3 Å². The lowest BCUT2D eigenvalue weighted by atomic mass is 10.1. The highest BCUT2D eigenvalue weighted by Gasteiger charge is 2.25. The second kappa shape index (κ2) is 41.3. The number of aliphatic imine (C=N–C) groups is 1. The normalized spacial score (nSPS) is 12.5. The van der Waals surface area contributed by atoms with E-state index in [4.69, 9.17) is 44.9 Å². The number of H-pyrrole nitrogens is 2. The Balaban J connectivity index is 0.718. The Kier molecular flexibility index (Phi) is 32.9. The van der Waals surface area contributed by atoms with E-state index in [1.54, 1.807) is 24.3 Å². The first kappa shape index (κ1) is 79.6. The molecule has 4 aromatic heterocycles. The minimum Gasteiger partial charge on any atom is -0.480 e. The second-order valence-corrected chi connectivity index (χ2v) is 25.2. The lowest BCUT2D eigenvalue weighted by Crippen LogP contribution is -2.45. The van der Waals surface area contributed by atoms with Crippen LogP contribution in [0.15, 0.2) is 75.5 Å². The molecule has 33 nitrogen and oxygen atoms in total. The quantitative estimate of drug-likeness (QED) is 0.0192. The smallest absolute Gasteiger partial charge is 0.326 e. The van der Waals surface area contributed by atoms with Gasteiger partial charge in [-0.15, -0.1) is 0 Å². The fraction of sp³-hybridized carbons (Fsp3) is 0.537. The van der Waals surface area contributed by atoms with Crippen molar-refractivity contribution in [1.29, 1.82) is 0 Å². The van der Waals surface area contributed by atoms with E-state index in [1.165, 1.54) is 36.7 Å². The average molecular weight is 1390 g/mol. The summed E-state index contributed by atoms with van der Waals surface area (Å²) in [5.41, 5.74) is 12.8. The molecule has 100 heavy (non-hydrogen) atoms. The molecule has 0 radical (unpaired) electrons. The van der Waals surface area contributed by atoms with Crippen molar-refractivity contribution in [3.05, 3.63) is 104 Å². The van der Waals surface area contributed by atoms with E-state index in [0.717, 1.165) is 0 Å². The van der Waals surface area contributed by atoms with Crippen LogP contribution in [0.1, 0.15) is 125 Å². The number of benzene rings is 2. The molecule has 0 fully saturated rings. The number of nitrogens with zero attached hydrogens (tertiary/aromatic N) is 9. The lowest BCUT2D eigenvalue weighted by molar-refractivity contribution is -0.140. The van der Waals surface area contributed by atoms with Crippen molar-refractivity contribution in [2.24, 2.45) is 4.99 Å². The molecule has 0 bridgehead atoms. The van der Waals surface area contributed by atoms with Gasteiger partial charge in [-0.2, -0.15) is 9.97 Å². The first-order valence-corrected chi connectivity index (χ1v) is 33.1. The molecule has 6 rings (SSSR count). The Morgan fingerprint density at radius 2 is 0.900 bits per heavy atom. The predicted molar refractivity (Wildman–Crippen MR) is 373 cm³/mol. The molecule has 4 heterocycles. The van der Waals surface area contributed by atoms with Crippen molar-refractivity contribution in [3.8, 4) is 0 Å². The van der Waals surface area contributed by atoms with Gasteiger partial charge in [0, 0.05) is 98.3 Å². The van der Waals surface area contributed by atoms with E-state index in [2.05, 4.69) is 112 Å². The van der Waals surface area contributed by atoms with Crippen LogP contribution in [0.4, 0.5) is 23.3 Å². The number of carbonyl (C=O) groups is 6. The van der Waals surface area contributed by atoms with Gasteiger partial charge in [0.15, 0.2) is 22.3 Å². The molecule has 2 aromatic carbocycles.